The number of carbonyl (C=O) groups is 1. The summed E-state index contributed by atoms with van der Waals surface area (Å²) in [5.41, 5.74) is 1.65. The molecule has 1 aromatic heterocycles. The first kappa shape index (κ1) is 13.5. The molecule has 0 spiro atoms. The van der Waals surface area contributed by atoms with Gasteiger partial charge < -0.3 is 5.32 Å². The van der Waals surface area contributed by atoms with Crippen LogP contribution in [0.1, 0.15) is 10.4 Å². The van der Waals surface area contributed by atoms with Crippen LogP contribution in [0.25, 0.3) is 10.9 Å². The van der Waals surface area contributed by atoms with Crippen molar-refractivity contribution >= 4 is 34.1 Å². The van der Waals surface area contributed by atoms with Gasteiger partial charge in [-0.25, -0.2) is 4.39 Å². The van der Waals surface area contributed by atoms with Crippen LogP contribution >= 0.6 is 11.6 Å². The lowest BCUT2D eigenvalue weighted by Crippen LogP contribution is -2.11. The van der Waals surface area contributed by atoms with E-state index in [4.69, 9.17) is 11.6 Å². The molecule has 104 valence electrons. The van der Waals surface area contributed by atoms with Crippen molar-refractivity contribution in [3.8, 4) is 0 Å². The summed E-state index contributed by atoms with van der Waals surface area (Å²) >= 11 is 5.69. The molecule has 1 heterocycles. The molecule has 3 nitrogen and oxygen atoms in total. The number of rotatable bonds is 2. The Balaban J connectivity index is 1.87. The van der Waals surface area contributed by atoms with E-state index in [1.54, 1.807) is 18.3 Å². The molecule has 1 amide bonds. The minimum Gasteiger partial charge on any atom is -0.322 e. The van der Waals surface area contributed by atoms with Crippen LogP contribution in [-0.2, 0) is 0 Å². The van der Waals surface area contributed by atoms with Crippen molar-refractivity contribution in [1.29, 1.82) is 0 Å². The van der Waals surface area contributed by atoms with Gasteiger partial charge in [-0.2, -0.15) is 0 Å². The number of carbonyl (C=O) groups excluding carboxylic acids is 1. The van der Waals surface area contributed by atoms with Crippen LogP contribution < -0.4 is 5.32 Å². The van der Waals surface area contributed by atoms with Crippen LogP contribution in [0.15, 0.2) is 54.7 Å². The predicted molar refractivity (Wildman–Crippen MR) is 81.1 cm³/mol. The lowest BCUT2D eigenvalue weighted by Gasteiger charge is -2.07. The Morgan fingerprint density at radius 2 is 2.00 bits per heavy atom. The highest BCUT2D eigenvalue weighted by Gasteiger charge is 2.08. The summed E-state index contributed by atoms with van der Waals surface area (Å²) in [6, 6.07) is 13.0. The van der Waals surface area contributed by atoms with Crippen molar-refractivity contribution in [1.82, 2.24) is 4.98 Å². The van der Waals surface area contributed by atoms with E-state index in [-0.39, 0.29) is 10.9 Å². The number of benzene rings is 2. The minimum absolute atomic E-state index is 0.0343. The highest BCUT2D eigenvalue weighted by atomic mass is 35.5. The van der Waals surface area contributed by atoms with Gasteiger partial charge in [0.25, 0.3) is 5.91 Å². The van der Waals surface area contributed by atoms with Crippen molar-refractivity contribution in [2.24, 2.45) is 0 Å². The number of fused-ring (bicyclic) bond motifs is 1. The topological polar surface area (TPSA) is 42.0 Å². The SMILES string of the molecule is O=C(Nc1ccc(F)c(Cl)c1)c1ccc2cccnc2c1. The Kier molecular flexibility index (Phi) is 3.54. The lowest BCUT2D eigenvalue weighted by molar-refractivity contribution is 0.102. The maximum absolute atomic E-state index is 13.1. The number of aromatic nitrogens is 1. The summed E-state index contributed by atoms with van der Waals surface area (Å²) in [5.74, 6) is -0.824. The zero-order valence-corrected chi connectivity index (χ0v) is 11.6. The number of hydrogen-bond donors (Lipinski definition) is 1. The number of nitrogens with one attached hydrogen (secondary N) is 1. The molecule has 0 saturated carbocycles. The quantitative estimate of drug-likeness (QED) is 0.767. The summed E-state index contributed by atoms with van der Waals surface area (Å²) in [7, 11) is 0. The molecule has 0 unspecified atom stereocenters. The summed E-state index contributed by atoms with van der Waals surface area (Å²) in [6.07, 6.45) is 1.67. The van der Waals surface area contributed by atoms with Gasteiger partial charge in [0.2, 0.25) is 0 Å². The molecule has 0 saturated heterocycles. The molecule has 1 N–H and O–H groups in total. The van der Waals surface area contributed by atoms with Gasteiger partial charge in [-0.3, -0.25) is 9.78 Å². The van der Waals surface area contributed by atoms with Crippen molar-refractivity contribution in [2.45, 2.75) is 0 Å². The van der Waals surface area contributed by atoms with Crippen LogP contribution in [0.3, 0.4) is 0 Å². The molecule has 3 rings (SSSR count). The van der Waals surface area contributed by atoms with E-state index in [0.29, 0.717) is 11.3 Å². The standard InChI is InChI=1S/C16H10ClFN2O/c17-13-9-12(5-6-14(13)18)20-16(21)11-4-3-10-2-1-7-19-15(10)8-11/h1-9H,(H,20,21). The number of pyridine rings is 1. The number of anilines is 1. The third-order valence-corrected chi connectivity index (χ3v) is 3.34. The molecule has 0 bridgehead atoms. The largest absolute Gasteiger partial charge is 0.322 e. The van der Waals surface area contributed by atoms with E-state index in [0.717, 1.165) is 10.9 Å². The van der Waals surface area contributed by atoms with Crippen molar-refractivity contribution < 1.29 is 9.18 Å². The van der Waals surface area contributed by atoms with Crippen LogP contribution in [0.2, 0.25) is 5.02 Å². The monoisotopic (exact) mass is 300 g/mol. The molecule has 0 fully saturated rings. The molecule has 3 aromatic rings. The first-order valence-corrected chi connectivity index (χ1v) is 6.62. The number of hydrogen-bond acceptors (Lipinski definition) is 2. The second kappa shape index (κ2) is 5.50. The summed E-state index contributed by atoms with van der Waals surface area (Å²) in [4.78, 5) is 16.4. The van der Waals surface area contributed by atoms with Gasteiger partial charge in [0, 0.05) is 22.8 Å². The summed E-state index contributed by atoms with van der Waals surface area (Å²) in [6.45, 7) is 0. The smallest absolute Gasteiger partial charge is 0.255 e. The molecule has 0 aliphatic heterocycles. The molecule has 0 radical (unpaired) electrons. The maximum Gasteiger partial charge on any atom is 0.255 e. The number of nitrogens with zero attached hydrogens (tertiary/aromatic N) is 1. The molecule has 21 heavy (non-hydrogen) atoms. The van der Waals surface area contributed by atoms with Gasteiger partial charge >= 0.3 is 0 Å². The highest BCUT2D eigenvalue weighted by Crippen LogP contribution is 2.20. The van der Waals surface area contributed by atoms with Crippen LogP contribution in [0, 0.1) is 5.82 Å². The van der Waals surface area contributed by atoms with Gasteiger partial charge in [0.05, 0.1) is 10.5 Å². The molecule has 0 aliphatic rings. The first-order valence-electron chi connectivity index (χ1n) is 6.25. The summed E-state index contributed by atoms with van der Waals surface area (Å²) in [5, 5.41) is 3.60. The van der Waals surface area contributed by atoms with E-state index in [2.05, 4.69) is 10.3 Å². The van der Waals surface area contributed by atoms with Gasteiger partial charge in [0.1, 0.15) is 5.82 Å². The molecular weight excluding hydrogens is 291 g/mol. The first-order chi connectivity index (χ1) is 10.1. The third kappa shape index (κ3) is 2.85. The lowest BCUT2D eigenvalue weighted by atomic mass is 10.1. The van der Waals surface area contributed by atoms with Gasteiger partial charge in [-0.15, -0.1) is 0 Å². The van der Waals surface area contributed by atoms with E-state index in [1.165, 1.54) is 18.2 Å². The van der Waals surface area contributed by atoms with Gasteiger partial charge in [-0.1, -0.05) is 23.7 Å². The molecule has 2 aromatic carbocycles. The maximum atomic E-state index is 13.1. The van der Waals surface area contributed by atoms with Crippen molar-refractivity contribution in [2.75, 3.05) is 5.32 Å². The fourth-order valence-corrected chi connectivity index (χ4v) is 2.17. The summed E-state index contributed by atoms with van der Waals surface area (Å²) < 4.78 is 13.1. The minimum atomic E-state index is -0.524. The Morgan fingerprint density at radius 3 is 2.81 bits per heavy atom. The average molecular weight is 301 g/mol. The van der Waals surface area contributed by atoms with Crippen molar-refractivity contribution in [3.05, 3.63) is 71.1 Å². The second-order valence-electron chi connectivity index (χ2n) is 4.49. The normalized spacial score (nSPS) is 10.6. The van der Waals surface area contributed by atoms with Crippen LogP contribution in [-0.4, -0.2) is 10.9 Å². The van der Waals surface area contributed by atoms with Crippen molar-refractivity contribution in [3.63, 3.8) is 0 Å². The Bertz CT molecular complexity index is 835. The van der Waals surface area contributed by atoms with Crippen LogP contribution in [0.5, 0.6) is 0 Å². The zero-order chi connectivity index (χ0) is 14.8. The average Bonchev–Trinajstić information content (AvgIpc) is 2.50. The second-order valence-corrected chi connectivity index (χ2v) is 4.90. The van der Waals surface area contributed by atoms with E-state index in [9.17, 15) is 9.18 Å². The van der Waals surface area contributed by atoms with E-state index in [1.807, 2.05) is 18.2 Å². The predicted octanol–water partition coefficient (Wildman–Crippen LogP) is 4.28. The fraction of sp³-hybridized carbons (Fsp3) is 0. The van der Waals surface area contributed by atoms with E-state index >= 15 is 0 Å². The number of halogens is 2. The molecule has 0 atom stereocenters. The van der Waals surface area contributed by atoms with Gasteiger partial charge in [-0.05, 0) is 36.4 Å². The molecular formula is C16H10ClFN2O. The highest BCUT2D eigenvalue weighted by molar-refractivity contribution is 6.31. The van der Waals surface area contributed by atoms with Crippen LogP contribution in [0.4, 0.5) is 10.1 Å². The van der Waals surface area contributed by atoms with E-state index < -0.39 is 5.82 Å². The Hall–Kier alpha value is -2.46. The Morgan fingerprint density at radius 1 is 1.14 bits per heavy atom. The molecule has 5 heteroatoms. The zero-order valence-electron chi connectivity index (χ0n) is 10.8. The van der Waals surface area contributed by atoms with Gasteiger partial charge in [0.15, 0.2) is 0 Å². The fourth-order valence-electron chi connectivity index (χ4n) is 1.98. The molecule has 0 aliphatic carbocycles. The Labute approximate surface area is 125 Å². The third-order valence-electron chi connectivity index (χ3n) is 3.05. The number of amides is 1.